The first-order valence-electron chi connectivity index (χ1n) is 11.3. The van der Waals surface area contributed by atoms with Gasteiger partial charge in [-0.15, -0.1) is 0 Å². The Morgan fingerprint density at radius 3 is 2.16 bits per heavy atom. The number of urea groups is 1. The zero-order valence-electron chi connectivity index (χ0n) is 20.3. The van der Waals surface area contributed by atoms with Gasteiger partial charge in [0.1, 0.15) is 12.1 Å². The van der Waals surface area contributed by atoms with Crippen LogP contribution in [0.2, 0.25) is 19.6 Å². The van der Waals surface area contributed by atoms with E-state index < -0.39 is 66.7 Å². The van der Waals surface area contributed by atoms with Crippen LogP contribution in [-0.4, -0.2) is 127 Å². The van der Waals surface area contributed by atoms with Crippen LogP contribution in [0, 0.1) is 0 Å². The summed E-state index contributed by atoms with van der Waals surface area (Å²) in [5, 5.41) is 5.91. The number of rotatable bonds is 7. The molecule has 13 nitrogen and oxygen atoms in total. The molecule has 198 valence electrons. The molecule has 0 radical (unpaired) electrons. The number of hydrogen-bond acceptors (Lipinski definition) is 7. The Morgan fingerprint density at radius 1 is 1.08 bits per heavy atom. The van der Waals surface area contributed by atoms with E-state index in [0.717, 1.165) is 10.1 Å². The fourth-order valence-corrected chi connectivity index (χ4v) is 5.67. The second-order valence-corrected chi connectivity index (χ2v) is 15.9. The zero-order chi connectivity index (χ0) is 27.0. The molecule has 2 aliphatic rings. The first kappa shape index (κ1) is 30.9. The van der Waals surface area contributed by atoms with E-state index in [1.165, 1.54) is 4.90 Å². The molecule has 2 unspecified atom stereocenters. The monoisotopic (exact) mass is 563 g/mol. The van der Waals surface area contributed by atoms with Crippen LogP contribution < -0.4 is 15.8 Å². The van der Waals surface area contributed by atoms with Crippen LogP contribution in [0.15, 0.2) is 24.3 Å². The van der Waals surface area contributed by atoms with Gasteiger partial charge >= 0.3 is 57.7 Å². The molecular formula is C21H30N5NaO8SSi. The number of likely N-dealkylation sites (N-methyl/N-ethyl adjacent to an activating group) is 1. The maximum absolute atomic E-state index is 13.1. The summed E-state index contributed by atoms with van der Waals surface area (Å²) in [6.07, 6.45) is 0. The third kappa shape index (κ3) is 6.77. The first-order valence-corrected chi connectivity index (χ1v) is 16.2. The Bertz CT molecular complexity index is 1200. The normalized spacial score (nSPS) is 19.1. The number of amides is 6. The van der Waals surface area contributed by atoms with Crippen molar-refractivity contribution in [1.29, 1.82) is 0 Å². The predicted molar refractivity (Wildman–Crippen MR) is 137 cm³/mol. The van der Waals surface area contributed by atoms with Crippen molar-refractivity contribution >= 4 is 82.8 Å². The zero-order valence-corrected chi connectivity index (χ0v) is 22.2. The molecule has 2 heterocycles. The van der Waals surface area contributed by atoms with Crippen molar-refractivity contribution in [3.8, 4) is 0 Å². The number of piperazine rings is 1. The van der Waals surface area contributed by atoms with Gasteiger partial charge in [0.25, 0.3) is 5.91 Å². The number of carbonyl (C=O) groups excluding carboxylic acids is 5. The van der Waals surface area contributed by atoms with Crippen molar-refractivity contribution in [2.24, 2.45) is 0 Å². The molecule has 0 bridgehead atoms. The maximum atomic E-state index is 13.1. The summed E-state index contributed by atoms with van der Waals surface area (Å²) in [6.45, 7) is 8.04. The average molecular weight is 564 g/mol. The molecule has 0 spiro atoms. The first-order chi connectivity index (χ1) is 16.6. The number of nitrogens with zero attached hydrogens (tertiary/aromatic N) is 3. The molecular weight excluding hydrogens is 533 g/mol. The number of β-lactam (4-membered cyclic amide) rings is 1. The van der Waals surface area contributed by atoms with E-state index in [2.05, 4.69) is 30.3 Å². The van der Waals surface area contributed by atoms with Crippen LogP contribution in [0.5, 0.6) is 0 Å². The Labute approximate surface area is 238 Å². The van der Waals surface area contributed by atoms with Gasteiger partial charge in [-0.3, -0.25) is 28.6 Å². The van der Waals surface area contributed by atoms with E-state index >= 15 is 0 Å². The average Bonchev–Trinajstić information content (AvgIpc) is 2.79. The number of nitrogens with one attached hydrogen (secondary N) is 2. The standard InChI is InChI=1S/C21H29N5O8SSi.Na.H/c1-5-24-10-11-25(20(30)19(24)29)21(31)23-16(13-6-8-14(9-7-13)36(2,3)4)17(27)22-15-12-26(18(15)28)35(32,33)34;;/h6-9,15-16H,5,10-12H2,1-4H3,(H,22,27)(H,23,31)(H,32,33,34);;. The molecule has 1 aromatic carbocycles. The Kier molecular flexibility index (Phi) is 9.70. The molecule has 2 saturated heterocycles. The molecule has 6 amide bonds. The molecule has 2 atom stereocenters. The SMILES string of the molecule is CCN1CCN(C(=O)NC(C(=O)NC2CN(S(=O)(=O)O)C2=O)c2ccc([Si](C)(C)C)cc2)C(=O)C1=O.[NaH]. The number of imide groups is 1. The van der Waals surface area contributed by atoms with Gasteiger partial charge in [0, 0.05) is 19.6 Å². The summed E-state index contributed by atoms with van der Waals surface area (Å²) in [4.78, 5) is 64.8. The Balaban J connectivity index is 0.00000481. The molecule has 3 rings (SSSR count). The Hall–Kier alpha value is -2.30. The molecule has 0 aromatic heterocycles. The van der Waals surface area contributed by atoms with Crippen molar-refractivity contribution in [1.82, 2.24) is 24.7 Å². The van der Waals surface area contributed by atoms with E-state index in [1.54, 1.807) is 19.1 Å². The molecule has 2 fully saturated rings. The van der Waals surface area contributed by atoms with Gasteiger partial charge < -0.3 is 15.5 Å². The molecule has 1 aromatic rings. The van der Waals surface area contributed by atoms with Gasteiger partial charge in [-0.2, -0.15) is 8.42 Å². The van der Waals surface area contributed by atoms with Gasteiger partial charge in [-0.1, -0.05) is 49.1 Å². The number of benzene rings is 1. The summed E-state index contributed by atoms with van der Waals surface area (Å²) in [5.74, 6) is -3.71. The Morgan fingerprint density at radius 2 is 1.68 bits per heavy atom. The van der Waals surface area contributed by atoms with E-state index in [1.807, 2.05) is 12.1 Å². The van der Waals surface area contributed by atoms with E-state index in [9.17, 15) is 32.4 Å². The summed E-state index contributed by atoms with van der Waals surface area (Å²) < 4.78 is 31.6. The summed E-state index contributed by atoms with van der Waals surface area (Å²) in [6, 6.07) is 3.41. The molecule has 0 aliphatic carbocycles. The van der Waals surface area contributed by atoms with Crippen molar-refractivity contribution in [2.75, 3.05) is 26.2 Å². The minimum absolute atomic E-state index is 0. The van der Waals surface area contributed by atoms with Crippen LogP contribution in [-0.2, 0) is 29.5 Å². The molecule has 2 aliphatic heterocycles. The second-order valence-electron chi connectivity index (χ2n) is 9.50. The van der Waals surface area contributed by atoms with E-state index in [-0.39, 0.29) is 47.0 Å². The fraction of sp³-hybridized carbons (Fsp3) is 0.476. The van der Waals surface area contributed by atoms with Gasteiger partial charge in [0.2, 0.25) is 5.91 Å². The number of carbonyl (C=O) groups is 5. The molecule has 0 saturated carbocycles. The predicted octanol–water partition coefficient (Wildman–Crippen LogP) is -1.85. The van der Waals surface area contributed by atoms with Gasteiger partial charge in [-0.05, 0) is 12.5 Å². The summed E-state index contributed by atoms with van der Waals surface area (Å²) in [5.41, 5.74) is 0.354. The van der Waals surface area contributed by atoms with Gasteiger partial charge in [-0.25, -0.2) is 9.10 Å². The van der Waals surface area contributed by atoms with E-state index in [0.29, 0.717) is 12.1 Å². The summed E-state index contributed by atoms with van der Waals surface area (Å²) in [7, 11) is -6.42. The van der Waals surface area contributed by atoms with Crippen molar-refractivity contribution in [3.63, 3.8) is 0 Å². The fourth-order valence-electron chi connectivity index (χ4n) is 3.81. The molecule has 16 heteroatoms. The van der Waals surface area contributed by atoms with Crippen LogP contribution in [0.4, 0.5) is 4.79 Å². The van der Waals surface area contributed by atoms with E-state index in [4.69, 9.17) is 4.55 Å². The van der Waals surface area contributed by atoms with Crippen molar-refractivity contribution in [3.05, 3.63) is 29.8 Å². The number of hydrogen-bond donors (Lipinski definition) is 3. The topological polar surface area (TPSA) is 173 Å². The third-order valence-corrected chi connectivity index (χ3v) is 9.01. The molecule has 37 heavy (non-hydrogen) atoms. The second kappa shape index (κ2) is 11.6. The van der Waals surface area contributed by atoms with Crippen LogP contribution in [0.25, 0.3) is 0 Å². The quantitative estimate of drug-likeness (QED) is 0.150. The summed E-state index contributed by atoms with van der Waals surface area (Å²) >= 11 is 0. The minimum atomic E-state index is -4.74. The van der Waals surface area contributed by atoms with Gasteiger partial charge in [0.15, 0.2) is 0 Å². The third-order valence-electron chi connectivity index (χ3n) is 6.06. The van der Waals surface area contributed by atoms with Crippen LogP contribution in [0.3, 0.4) is 0 Å². The van der Waals surface area contributed by atoms with Crippen molar-refractivity contribution in [2.45, 2.75) is 38.6 Å². The van der Waals surface area contributed by atoms with Crippen LogP contribution in [0.1, 0.15) is 18.5 Å². The van der Waals surface area contributed by atoms with Crippen LogP contribution >= 0.6 is 0 Å². The van der Waals surface area contributed by atoms with Gasteiger partial charge in [0.05, 0.1) is 14.6 Å². The molecule has 3 N–H and O–H groups in total. The van der Waals surface area contributed by atoms with Crippen molar-refractivity contribution < 1.29 is 36.9 Å².